The van der Waals surface area contributed by atoms with E-state index in [0.717, 1.165) is 0 Å². The number of hydrogen-bond acceptors (Lipinski definition) is 4. The van der Waals surface area contributed by atoms with E-state index >= 15 is 0 Å². The second-order valence-electron chi connectivity index (χ2n) is 3.41. The fraction of sp³-hybridized carbons (Fsp3) is 0.667. The van der Waals surface area contributed by atoms with Crippen LogP contribution in [0.3, 0.4) is 0 Å². The SMILES string of the molecule is C#CCCOC1C=C[C@H](OC)[C@@H](COC)O1. The van der Waals surface area contributed by atoms with Gasteiger partial charge in [0, 0.05) is 20.6 Å². The molecule has 0 saturated heterocycles. The van der Waals surface area contributed by atoms with Gasteiger partial charge in [-0.3, -0.25) is 0 Å². The highest BCUT2D eigenvalue weighted by Crippen LogP contribution is 2.16. The first-order valence-electron chi connectivity index (χ1n) is 5.22. The summed E-state index contributed by atoms with van der Waals surface area (Å²) in [5.41, 5.74) is 0. The van der Waals surface area contributed by atoms with Crippen molar-refractivity contribution in [2.75, 3.05) is 27.4 Å². The van der Waals surface area contributed by atoms with E-state index in [0.29, 0.717) is 19.6 Å². The maximum atomic E-state index is 5.65. The highest BCUT2D eigenvalue weighted by atomic mass is 16.7. The number of methoxy groups -OCH3 is 2. The summed E-state index contributed by atoms with van der Waals surface area (Å²) >= 11 is 0. The van der Waals surface area contributed by atoms with Crippen molar-refractivity contribution in [1.29, 1.82) is 0 Å². The quantitative estimate of drug-likeness (QED) is 0.384. The topological polar surface area (TPSA) is 36.9 Å². The van der Waals surface area contributed by atoms with Gasteiger partial charge in [-0.1, -0.05) is 6.08 Å². The Morgan fingerprint density at radius 3 is 2.81 bits per heavy atom. The van der Waals surface area contributed by atoms with Crippen LogP contribution in [0.4, 0.5) is 0 Å². The van der Waals surface area contributed by atoms with Gasteiger partial charge in [-0.05, 0) is 6.08 Å². The summed E-state index contributed by atoms with van der Waals surface area (Å²) in [4.78, 5) is 0. The molecule has 1 unspecified atom stereocenters. The Morgan fingerprint density at radius 1 is 1.38 bits per heavy atom. The van der Waals surface area contributed by atoms with E-state index in [1.54, 1.807) is 14.2 Å². The van der Waals surface area contributed by atoms with E-state index in [2.05, 4.69) is 5.92 Å². The van der Waals surface area contributed by atoms with Crippen LogP contribution in [0.2, 0.25) is 0 Å². The largest absolute Gasteiger partial charge is 0.382 e. The van der Waals surface area contributed by atoms with Crippen LogP contribution in [-0.4, -0.2) is 45.9 Å². The summed E-state index contributed by atoms with van der Waals surface area (Å²) < 4.78 is 21.4. The van der Waals surface area contributed by atoms with Crippen molar-refractivity contribution in [2.24, 2.45) is 0 Å². The molecule has 1 rings (SSSR count). The van der Waals surface area contributed by atoms with Crippen LogP contribution in [0.25, 0.3) is 0 Å². The van der Waals surface area contributed by atoms with Crippen molar-refractivity contribution >= 4 is 0 Å². The first-order valence-corrected chi connectivity index (χ1v) is 5.22. The summed E-state index contributed by atoms with van der Waals surface area (Å²) in [6.07, 6.45) is 8.87. The zero-order chi connectivity index (χ0) is 11.8. The molecule has 1 aliphatic rings. The average molecular weight is 226 g/mol. The van der Waals surface area contributed by atoms with Crippen LogP contribution in [0.5, 0.6) is 0 Å². The zero-order valence-corrected chi connectivity index (χ0v) is 9.72. The normalized spacial score (nSPS) is 28.9. The van der Waals surface area contributed by atoms with Gasteiger partial charge >= 0.3 is 0 Å². The molecule has 0 fully saturated rings. The number of terminal acetylenes is 1. The van der Waals surface area contributed by atoms with Crippen LogP contribution < -0.4 is 0 Å². The van der Waals surface area contributed by atoms with Crippen molar-refractivity contribution in [3.8, 4) is 12.3 Å². The second kappa shape index (κ2) is 7.42. The van der Waals surface area contributed by atoms with Gasteiger partial charge in [0.2, 0.25) is 0 Å². The molecule has 0 aliphatic carbocycles. The molecule has 0 spiro atoms. The standard InChI is InChI=1S/C12H18O4/c1-4-5-8-15-12-7-6-10(14-3)11(16-12)9-13-2/h1,6-7,10-12H,5,8-9H2,2-3H3/t10-,11+,12?/m0/s1. The molecule has 4 nitrogen and oxygen atoms in total. The Kier molecular flexibility index (Phi) is 6.12. The predicted octanol–water partition coefficient (Wildman–Crippen LogP) is 0.969. The van der Waals surface area contributed by atoms with Crippen molar-refractivity contribution < 1.29 is 18.9 Å². The second-order valence-corrected chi connectivity index (χ2v) is 3.41. The molecule has 0 N–H and O–H groups in total. The zero-order valence-electron chi connectivity index (χ0n) is 9.72. The lowest BCUT2D eigenvalue weighted by Gasteiger charge is -2.30. The van der Waals surface area contributed by atoms with E-state index < -0.39 is 0 Å². The van der Waals surface area contributed by atoms with Crippen molar-refractivity contribution in [2.45, 2.75) is 24.9 Å². The van der Waals surface area contributed by atoms with Gasteiger partial charge in [-0.15, -0.1) is 12.3 Å². The van der Waals surface area contributed by atoms with Crippen molar-refractivity contribution in [1.82, 2.24) is 0 Å². The van der Waals surface area contributed by atoms with Gasteiger partial charge in [0.05, 0.1) is 13.2 Å². The van der Waals surface area contributed by atoms with Gasteiger partial charge in [0.25, 0.3) is 0 Å². The van der Waals surface area contributed by atoms with Crippen LogP contribution in [0, 0.1) is 12.3 Å². The number of rotatable bonds is 6. The molecule has 3 atom stereocenters. The van der Waals surface area contributed by atoms with Crippen LogP contribution in [0.1, 0.15) is 6.42 Å². The fourth-order valence-corrected chi connectivity index (χ4v) is 1.48. The minimum absolute atomic E-state index is 0.0903. The summed E-state index contributed by atoms with van der Waals surface area (Å²) in [7, 11) is 3.27. The van der Waals surface area contributed by atoms with E-state index in [1.807, 2.05) is 12.2 Å². The molecule has 0 saturated carbocycles. The highest BCUT2D eigenvalue weighted by Gasteiger charge is 2.27. The van der Waals surface area contributed by atoms with E-state index in [1.165, 1.54) is 0 Å². The molecule has 1 heterocycles. The van der Waals surface area contributed by atoms with E-state index in [4.69, 9.17) is 25.4 Å². The Morgan fingerprint density at radius 2 is 2.19 bits per heavy atom. The lowest BCUT2D eigenvalue weighted by Crippen LogP contribution is -2.40. The predicted molar refractivity (Wildman–Crippen MR) is 59.9 cm³/mol. The summed E-state index contributed by atoms with van der Waals surface area (Å²) in [6, 6.07) is 0. The third kappa shape index (κ3) is 3.95. The monoisotopic (exact) mass is 226 g/mol. The Hall–Kier alpha value is -0.860. The maximum Gasteiger partial charge on any atom is 0.177 e. The van der Waals surface area contributed by atoms with Gasteiger partial charge in [-0.25, -0.2) is 0 Å². The van der Waals surface area contributed by atoms with Crippen LogP contribution in [-0.2, 0) is 18.9 Å². The molecular formula is C12H18O4. The first kappa shape index (κ1) is 13.2. The maximum absolute atomic E-state index is 5.65. The van der Waals surface area contributed by atoms with E-state index in [9.17, 15) is 0 Å². The molecule has 0 amide bonds. The minimum atomic E-state index is -0.361. The molecule has 4 heteroatoms. The van der Waals surface area contributed by atoms with Gasteiger partial charge in [0.15, 0.2) is 6.29 Å². The molecule has 0 bridgehead atoms. The molecule has 0 aromatic rings. The molecule has 0 radical (unpaired) electrons. The minimum Gasteiger partial charge on any atom is -0.382 e. The van der Waals surface area contributed by atoms with Crippen molar-refractivity contribution in [3.05, 3.63) is 12.2 Å². The Balaban J connectivity index is 2.43. The third-order valence-electron chi connectivity index (χ3n) is 2.26. The molecule has 16 heavy (non-hydrogen) atoms. The number of hydrogen-bond donors (Lipinski definition) is 0. The van der Waals surface area contributed by atoms with Gasteiger partial charge in [0.1, 0.15) is 12.2 Å². The van der Waals surface area contributed by atoms with Gasteiger partial charge < -0.3 is 18.9 Å². The van der Waals surface area contributed by atoms with Crippen molar-refractivity contribution in [3.63, 3.8) is 0 Å². The first-order chi connectivity index (χ1) is 7.81. The molecule has 1 aliphatic heterocycles. The summed E-state index contributed by atoms with van der Waals surface area (Å²) in [5.74, 6) is 2.51. The summed E-state index contributed by atoms with van der Waals surface area (Å²) in [6.45, 7) is 0.959. The fourth-order valence-electron chi connectivity index (χ4n) is 1.48. The molecule has 90 valence electrons. The van der Waals surface area contributed by atoms with E-state index in [-0.39, 0.29) is 18.5 Å². The highest BCUT2D eigenvalue weighted by molar-refractivity contribution is 5.00. The smallest absolute Gasteiger partial charge is 0.177 e. The van der Waals surface area contributed by atoms with Gasteiger partial charge in [-0.2, -0.15) is 0 Å². The van der Waals surface area contributed by atoms with Crippen LogP contribution in [0.15, 0.2) is 12.2 Å². The Bertz CT molecular complexity index is 256. The Labute approximate surface area is 96.5 Å². The molecular weight excluding hydrogens is 208 g/mol. The lowest BCUT2D eigenvalue weighted by molar-refractivity contribution is -0.185. The molecule has 0 aromatic carbocycles. The third-order valence-corrected chi connectivity index (χ3v) is 2.26. The average Bonchev–Trinajstić information content (AvgIpc) is 2.30. The lowest BCUT2D eigenvalue weighted by atomic mass is 10.1. The summed E-state index contributed by atoms with van der Waals surface area (Å²) in [5, 5.41) is 0. The number of ether oxygens (including phenoxy) is 4. The van der Waals surface area contributed by atoms with Crippen LogP contribution >= 0.6 is 0 Å². The molecule has 0 aromatic heterocycles.